The van der Waals surface area contributed by atoms with E-state index in [9.17, 15) is 14.7 Å². The molecule has 6 nitrogen and oxygen atoms in total. The molecular weight excluding hydrogens is 250 g/mol. The maximum absolute atomic E-state index is 11.8. The average Bonchev–Trinajstić information content (AvgIpc) is 2.64. The highest BCUT2D eigenvalue weighted by molar-refractivity contribution is 5.91. The molecule has 0 aliphatic carbocycles. The number of phenols is 1. The molecule has 1 saturated heterocycles. The molecule has 0 spiro atoms. The fourth-order valence-corrected chi connectivity index (χ4v) is 2.18. The number of amides is 1. The molecule has 0 bridgehead atoms. The number of carboxylic acid groups (broad SMARTS) is 1. The minimum atomic E-state index is -0.920. The van der Waals surface area contributed by atoms with Gasteiger partial charge in [0.25, 0.3) is 0 Å². The van der Waals surface area contributed by atoms with Crippen LogP contribution in [0.25, 0.3) is 0 Å². The first-order chi connectivity index (χ1) is 8.92. The number of carboxylic acids is 1. The number of nitrogens with zero attached hydrogens (tertiary/aromatic N) is 1. The molecule has 102 valence electrons. The lowest BCUT2D eigenvalue weighted by Crippen LogP contribution is -2.45. The number of hydrogen-bond donors (Lipinski definition) is 2. The van der Waals surface area contributed by atoms with E-state index >= 15 is 0 Å². The molecule has 1 atom stereocenters. The average molecular weight is 265 g/mol. The first-order valence-electron chi connectivity index (χ1n) is 5.90. The molecule has 6 heteroatoms. The number of aromatic hydroxyl groups is 1. The number of carbonyl (C=O) groups is 2. The van der Waals surface area contributed by atoms with E-state index in [1.54, 1.807) is 19.1 Å². The molecule has 0 aromatic heterocycles. The van der Waals surface area contributed by atoms with Crippen LogP contribution in [0, 0.1) is 0 Å². The van der Waals surface area contributed by atoms with Crippen LogP contribution in [0.15, 0.2) is 24.3 Å². The highest BCUT2D eigenvalue weighted by Crippen LogP contribution is 2.35. The van der Waals surface area contributed by atoms with Crippen molar-refractivity contribution in [1.82, 2.24) is 0 Å². The molecule has 1 aliphatic rings. The Hall–Kier alpha value is -2.24. The summed E-state index contributed by atoms with van der Waals surface area (Å²) in [5.41, 5.74) is -0.223. The molecule has 1 aromatic rings. The van der Waals surface area contributed by atoms with Crippen LogP contribution in [0.3, 0.4) is 0 Å². The van der Waals surface area contributed by atoms with Gasteiger partial charge in [0.2, 0.25) is 0 Å². The van der Waals surface area contributed by atoms with E-state index in [2.05, 4.69) is 0 Å². The number of hydrogen-bond acceptors (Lipinski definition) is 4. The van der Waals surface area contributed by atoms with Gasteiger partial charge in [-0.1, -0.05) is 6.07 Å². The molecule has 0 saturated carbocycles. The van der Waals surface area contributed by atoms with E-state index < -0.39 is 17.6 Å². The summed E-state index contributed by atoms with van der Waals surface area (Å²) in [6, 6.07) is 6.24. The van der Waals surface area contributed by atoms with Crippen LogP contribution in [0.1, 0.15) is 19.8 Å². The molecule has 1 amide bonds. The number of rotatable bonds is 4. The minimum Gasteiger partial charge on any atom is -0.508 e. The van der Waals surface area contributed by atoms with Gasteiger partial charge in [-0.3, -0.25) is 9.69 Å². The number of cyclic esters (lactones) is 1. The van der Waals surface area contributed by atoms with Gasteiger partial charge in [0.15, 0.2) is 0 Å². The molecule has 1 aliphatic heterocycles. The van der Waals surface area contributed by atoms with E-state index in [1.165, 1.54) is 17.0 Å². The Labute approximate surface area is 110 Å². The van der Waals surface area contributed by atoms with Crippen molar-refractivity contribution in [1.29, 1.82) is 0 Å². The van der Waals surface area contributed by atoms with Crippen LogP contribution in [0.2, 0.25) is 0 Å². The highest BCUT2D eigenvalue weighted by Gasteiger charge is 2.44. The van der Waals surface area contributed by atoms with Crippen molar-refractivity contribution in [2.75, 3.05) is 11.5 Å². The fourth-order valence-electron chi connectivity index (χ4n) is 2.18. The zero-order chi connectivity index (χ0) is 14.0. The van der Waals surface area contributed by atoms with Crippen molar-refractivity contribution in [3.8, 4) is 5.75 Å². The fraction of sp³-hybridized carbons (Fsp3) is 0.385. The predicted molar refractivity (Wildman–Crippen MR) is 67.2 cm³/mol. The Bertz CT molecular complexity index is 516. The Balaban J connectivity index is 2.29. The standard InChI is InChI=1S/C13H15NO5/c1-13(6-5-11(16)17)8-19-12(18)14(13)9-3-2-4-10(15)7-9/h2-4,7,15H,5-6,8H2,1H3,(H,16,17). The maximum atomic E-state index is 11.8. The Morgan fingerprint density at radius 2 is 2.26 bits per heavy atom. The van der Waals surface area contributed by atoms with Gasteiger partial charge in [-0.05, 0) is 25.5 Å². The van der Waals surface area contributed by atoms with E-state index in [0.29, 0.717) is 5.69 Å². The summed E-state index contributed by atoms with van der Waals surface area (Å²) >= 11 is 0. The Morgan fingerprint density at radius 3 is 2.89 bits per heavy atom. The molecular formula is C13H15NO5. The minimum absolute atomic E-state index is 0.0396. The molecule has 2 N–H and O–H groups in total. The van der Waals surface area contributed by atoms with Crippen LogP contribution in [-0.2, 0) is 9.53 Å². The summed E-state index contributed by atoms with van der Waals surface area (Å²) in [6.45, 7) is 1.90. The quantitative estimate of drug-likeness (QED) is 0.869. The Kier molecular flexibility index (Phi) is 3.33. The van der Waals surface area contributed by atoms with Crippen LogP contribution in [0.4, 0.5) is 10.5 Å². The predicted octanol–water partition coefficient (Wildman–Crippen LogP) is 1.97. The first-order valence-corrected chi connectivity index (χ1v) is 5.90. The lowest BCUT2D eigenvalue weighted by molar-refractivity contribution is -0.137. The van der Waals surface area contributed by atoms with Crippen molar-refractivity contribution in [2.45, 2.75) is 25.3 Å². The zero-order valence-corrected chi connectivity index (χ0v) is 10.5. The maximum Gasteiger partial charge on any atom is 0.415 e. The number of ether oxygens (including phenoxy) is 1. The third-order valence-corrected chi connectivity index (χ3v) is 3.19. The third kappa shape index (κ3) is 2.62. The van der Waals surface area contributed by atoms with E-state index in [4.69, 9.17) is 9.84 Å². The number of phenolic OH excluding ortho intramolecular Hbond substituents is 1. The summed E-state index contributed by atoms with van der Waals surface area (Å²) in [5, 5.41) is 18.2. The van der Waals surface area contributed by atoms with Gasteiger partial charge < -0.3 is 14.9 Å². The smallest absolute Gasteiger partial charge is 0.415 e. The largest absolute Gasteiger partial charge is 0.508 e. The van der Waals surface area contributed by atoms with Gasteiger partial charge in [-0.15, -0.1) is 0 Å². The van der Waals surface area contributed by atoms with Gasteiger partial charge in [0.05, 0.1) is 11.2 Å². The number of anilines is 1. The highest BCUT2D eigenvalue weighted by atomic mass is 16.6. The monoisotopic (exact) mass is 265 g/mol. The van der Waals surface area contributed by atoms with Gasteiger partial charge in [0, 0.05) is 12.5 Å². The number of benzene rings is 1. The van der Waals surface area contributed by atoms with E-state index in [0.717, 1.165) is 0 Å². The second kappa shape index (κ2) is 4.79. The summed E-state index contributed by atoms with van der Waals surface area (Å²) in [7, 11) is 0. The van der Waals surface area contributed by atoms with Crippen LogP contribution >= 0.6 is 0 Å². The lowest BCUT2D eigenvalue weighted by Gasteiger charge is -2.31. The number of carbonyl (C=O) groups excluding carboxylic acids is 1. The van der Waals surface area contributed by atoms with Crippen LogP contribution in [-0.4, -0.2) is 34.4 Å². The van der Waals surface area contributed by atoms with Crippen molar-refractivity contribution < 1.29 is 24.5 Å². The van der Waals surface area contributed by atoms with Gasteiger partial charge in [-0.25, -0.2) is 4.79 Å². The van der Waals surface area contributed by atoms with Gasteiger partial charge >= 0.3 is 12.1 Å². The topological polar surface area (TPSA) is 87.1 Å². The second-order valence-electron chi connectivity index (χ2n) is 4.80. The normalized spacial score (nSPS) is 22.4. The molecule has 0 radical (unpaired) electrons. The SMILES string of the molecule is CC1(CCC(=O)O)COC(=O)N1c1cccc(O)c1. The van der Waals surface area contributed by atoms with Gasteiger partial charge in [0.1, 0.15) is 12.4 Å². The van der Waals surface area contributed by atoms with Crippen molar-refractivity contribution in [3.63, 3.8) is 0 Å². The number of aliphatic carboxylic acids is 1. The zero-order valence-electron chi connectivity index (χ0n) is 10.5. The molecule has 19 heavy (non-hydrogen) atoms. The third-order valence-electron chi connectivity index (χ3n) is 3.19. The summed E-state index contributed by atoms with van der Waals surface area (Å²) in [4.78, 5) is 23.9. The van der Waals surface area contributed by atoms with Crippen LogP contribution < -0.4 is 4.90 Å². The van der Waals surface area contributed by atoms with Crippen molar-refractivity contribution in [3.05, 3.63) is 24.3 Å². The molecule has 1 fully saturated rings. The van der Waals surface area contributed by atoms with Crippen molar-refractivity contribution in [2.24, 2.45) is 0 Å². The summed E-state index contributed by atoms with van der Waals surface area (Å²) < 4.78 is 5.02. The first kappa shape index (κ1) is 13.2. The van der Waals surface area contributed by atoms with E-state index in [-0.39, 0.29) is 25.2 Å². The van der Waals surface area contributed by atoms with E-state index in [1.807, 2.05) is 0 Å². The summed E-state index contributed by atoms with van der Waals surface area (Å²) in [6.07, 6.45) is -0.301. The van der Waals surface area contributed by atoms with Gasteiger partial charge in [-0.2, -0.15) is 0 Å². The molecule has 2 rings (SSSR count). The molecule has 1 heterocycles. The lowest BCUT2D eigenvalue weighted by atomic mass is 9.95. The molecule has 1 unspecified atom stereocenters. The Morgan fingerprint density at radius 1 is 1.53 bits per heavy atom. The van der Waals surface area contributed by atoms with Crippen molar-refractivity contribution >= 4 is 17.7 Å². The van der Waals surface area contributed by atoms with Crippen LogP contribution in [0.5, 0.6) is 5.75 Å². The molecule has 1 aromatic carbocycles. The second-order valence-corrected chi connectivity index (χ2v) is 4.80. The summed E-state index contributed by atoms with van der Waals surface area (Å²) in [5.74, 6) is -0.880.